The van der Waals surface area contributed by atoms with Gasteiger partial charge >= 0.3 is 5.97 Å². The maximum atomic E-state index is 13.7. The van der Waals surface area contributed by atoms with E-state index in [2.05, 4.69) is 4.98 Å². The van der Waals surface area contributed by atoms with Gasteiger partial charge in [0.15, 0.2) is 5.78 Å². The smallest absolute Gasteiger partial charge is 0.354 e. The third-order valence-electron chi connectivity index (χ3n) is 5.68. The topological polar surface area (TPSA) is 88.7 Å². The van der Waals surface area contributed by atoms with E-state index in [-0.39, 0.29) is 29.7 Å². The zero-order valence-corrected chi connectivity index (χ0v) is 18.2. The highest BCUT2D eigenvalue weighted by molar-refractivity contribution is 6.07. The van der Waals surface area contributed by atoms with Gasteiger partial charge in [-0.2, -0.15) is 0 Å². The summed E-state index contributed by atoms with van der Waals surface area (Å²) in [5, 5.41) is 0. The third kappa shape index (κ3) is 4.69. The number of hydrogen-bond donors (Lipinski definition) is 1. The largest absolute Gasteiger partial charge is 0.464 e. The minimum absolute atomic E-state index is 0.162. The summed E-state index contributed by atoms with van der Waals surface area (Å²) in [5.41, 5.74) is 1.70. The average molecular weight is 430 g/mol. The molecule has 2 atom stereocenters. The summed E-state index contributed by atoms with van der Waals surface area (Å²) in [7, 11) is 1.27. The number of carbonyl (C=O) groups is 3. The van der Waals surface area contributed by atoms with Gasteiger partial charge in [-0.1, -0.05) is 6.07 Å². The zero-order chi connectivity index (χ0) is 22.7. The van der Waals surface area contributed by atoms with E-state index in [1.165, 1.54) is 30.2 Å². The number of esters is 1. The number of ether oxygens (including phenoxy) is 2. The quantitative estimate of drug-likeness (QED) is 0.537. The number of hydrogen-bond acceptors (Lipinski definition) is 5. The molecule has 7 nitrogen and oxygen atoms in total. The highest BCUT2D eigenvalue weighted by Gasteiger charge is 2.34. The number of nitrogens with one attached hydrogen (secondary N) is 1. The van der Waals surface area contributed by atoms with Gasteiger partial charge < -0.3 is 19.4 Å². The molecule has 2 aromatic rings. The second-order valence-corrected chi connectivity index (χ2v) is 7.76. The van der Waals surface area contributed by atoms with Gasteiger partial charge in [-0.15, -0.1) is 0 Å². The monoisotopic (exact) mass is 430 g/mol. The molecule has 0 saturated carbocycles. The van der Waals surface area contributed by atoms with Crippen LogP contribution in [0.15, 0.2) is 24.3 Å². The molecule has 1 aliphatic rings. The molecule has 166 valence electrons. The number of aromatic amines is 1. The summed E-state index contributed by atoms with van der Waals surface area (Å²) >= 11 is 0. The van der Waals surface area contributed by atoms with E-state index >= 15 is 0 Å². The molecular formula is C23H27FN2O5. The number of halogens is 1. The van der Waals surface area contributed by atoms with Crippen molar-refractivity contribution < 1.29 is 28.2 Å². The fourth-order valence-corrected chi connectivity index (χ4v) is 3.99. The van der Waals surface area contributed by atoms with Crippen LogP contribution >= 0.6 is 0 Å². The van der Waals surface area contributed by atoms with Crippen LogP contribution in [0.5, 0.6) is 0 Å². The molecule has 1 saturated heterocycles. The Balaban J connectivity index is 1.95. The van der Waals surface area contributed by atoms with Crippen LogP contribution in [0.2, 0.25) is 0 Å². The van der Waals surface area contributed by atoms with Crippen LogP contribution in [0.25, 0.3) is 0 Å². The predicted octanol–water partition coefficient (Wildman–Crippen LogP) is 3.45. The second kappa shape index (κ2) is 9.43. The van der Waals surface area contributed by atoms with Crippen LogP contribution in [0, 0.1) is 19.7 Å². The van der Waals surface area contributed by atoms with Crippen LogP contribution in [0.1, 0.15) is 62.2 Å². The standard InChI is InChI=1S/C23H27FN2O5/c1-13-19(14(2)25-20(13)23(29)30-4)21(27)15(3)26(12-18-9-6-10-31-18)22(28)16-7-5-8-17(24)11-16/h5,7-8,11,15,18,25H,6,9-10,12H2,1-4H3. The fraction of sp³-hybridized carbons (Fsp3) is 0.435. The van der Waals surface area contributed by atoms with E-state index in [1.54, 1.807) is 20.8 Å². The van der Waals surface area contributed by atoms with E-state index in [1.807, 2.05) is 0 Å². The van der Waals surface area contributed by atoms with Gasteiger partial charge in [-0.05, 0) is 57.4 Å². The van der Waals surface area contributed by atoms with Crippen LogP contribution in [0.3, 0.4) is 0 Å². The molecule has 1 aromatic carbocycles. The third-order valence-corrected chi connectivity index (χ3v) is 5.68. The number of rotatable bonds is 7. The van der Waals surface area contributed by atoms with Gasteiger partial charge in [0.25, 0.3) is 5.91 Å². The van der Waals surface area contributed by atoms with Gasteiger partial charge in [0.2, 0.25) is 0 Å². The molecule has 2 heterocycles. The van der Waals surface area contributed by atoms with Crippen molar-refractivity contribution >= 4 is 17.7 Å². The molecule has 31 heavy (non-hydrogen) atoms. The molecule has 1 amide bonds. The first-order valence-corrected chi connectivity index (χ1v) is 10.2. The zero-order valence-electron chi connectivity index (χ0n) is 18.2. The predicted molar refractivity (Wildman–Crippen MR) is 112 cm³/mol. The van der Waals surface area contributed by atoms with Crippen molar-refractivity contribution in [2.45, 2.75) is 45.8 Å². The van der Waals surface area contributed by atoms with Crippen molar-refractivity contribution in [2.24, 2.45) is 0 Å². The van der Waals surface area contributed by atoms with Crippen molar-refractivity contribution in [1.82, 2.24) is 9.88 Å². The lowest BCUT2D eigenvalue weighted by Crippen LogP contribution is -2.47. The summed E-state index contributed by atoms with van der Waals surface area (Å²) < 4.78 is 24.2. The molecule has 1 aromatic heterocycles. The molecule has 0 radical (unpaired) electrons. The number of amides is 1. The summed E-state index contributed by atoms with van der Waals surface area (Å²) in [6.45, 7) is 5.81. The summed E-state index contributed by atoms with van der Waals surface area (Å²) in [4.78, 5) is 43.0. The lowest BCUT2D eigenvalue weighted by molar-refractivity contribution is 0.0410. The number of Topliss-reactive ketones (excluding diaryl/α,β-unsaturated/α-hetero) is 1. The van der Waals surface area contributed by atoms with Gasteiger partial charge in [0, 0.05) is 30.0 Å². The number of benzene rings is 1. The van der Waals surface area contributed by atoms with Gasteiger partial charge in [0.05, 0.1) is 19.3 Å². The number of nitrogens with zero attached hydrogens (tertiary/aromatic N) is 1. The Morgan fingerprint density at radius 2 is 2.06 bits per heavy atom. The Kier molecular flexibility index (Phi) is 6.90. The highest BCUT2D eigenvalue weighted by Crippen LogP contribution is 2.24. The van der Waals surface area contributed by atoms with Crippen molar-refractivity contribution in [3.63, 3.8) is 0 Å². The number of H-pyrrole nitrogens is 1. The molecule has 0 aliphatic carbocycles. The van der Waals surface area contributed by atoms with Gasteiger partial charge in [0.1, 0.15) is 11.5 Å². The molecule has 2 unspecified atom stereocenters. The Hall–Kier alpha value is -3.00. The first-order valence-electron chi connectivity index (χ1n) is 10.2. The van der Waals surface area contributed by atoms with Crippen molar-refractivity contribution in [3.8, 4) is 0 Å². The second-order valence-electron chi connectivity index (χ2n) is 7.76. The first kappa shape index (κ1) is 22.7. The van der Waals surface area contributed by atoms with E-state index in [4.69, 9.17) is 9.47 Å². The molecule has 3 rings (SSSR count). The minimum Gasteiger partial charge on any atom is -0.464 e. The molecule has 1 N–H and O–H groups in total. The number of aromatic nitrogens is 1. The van der Waals surface area contributed by atoms with E-state index in [0.717, 1.165) is 18.9 Å². The van der Waals surface area contributed by atoms with Gasteiger partial charge in [-0.25, -0.2) is 9.18 Å². The molecular weight excluding hydrogens is 403 g/mol. The van der Waals surface area contributed by atoms with Crippen LogP contribution in [0.4, 0.5) is 4.39 Å². The Labute approximate surface area is 180 Å². The van der Waals surface area contributed by atoms with E-state index in [9.17, 15) is 18.8 Å². The number of carbonyl (C=O) groups excluding carboxylic acids is 3. The van der Waals surface area contributed by atoms with Crippen molar-refractivity contribution in [1.29, 1.82) is 0 Å². The number of ketones is 1. The Morgan fingerprint density at radius 1 is 1.32 bits per heavy atom. The Bertz CT molecular complexity index is 994. The summed E-state index contributed by atoms with van der Waals surface area (Å²) in [6, 6.07) is 4.55. The SMILES string of the molecule is COC(=O)c1[nH]c(C)c(C(=O)C(C)N(CC2CCCO2)C(=O)c2cccc(F)c2)c1C. The van der Waals surface area contributed by atoms with E-state index in [0.29, 0.717) is 23.4 Å². The number of aryl methyl sites for hydroxylation is 1. The van der Waals surface area contributed by atoms with Crippen LogP contribution < -0.4 is 0 Å². The molecule has 0 bridgehead atoms. The Morgan fingerprint density at radius 3 is 2.68 bits per heavy atom. The molecule has 0 spiro atoms. The maximum Gasteiger partial charge on any atom is 0.354 e. The average Bonchev–Trinajstić information content (AvgIpc) is 3.37. The fourth-order valence-electron chi connectivity index (χ4n) is 3.99. The van der Waals surface area contributed by atoms with Crippen LogP contribution in [-0.2, 0) is 9.47 Å². The molecule has 1 fully saturated rings. The van der Waals surface area contributed by atoms with Gasteiger partial charge in [-0.3, -0.25) is 9.59 Å². The maximum absolute atomic E-state index is 13.7. The minimum atomic E-state index is -0.848. The van der Waals surface area contributed by atoms with Crippen LogP contribution in [-0.4, -0.2) is 60.0 Å². The normalized spacial score (nSPS) is 16.7. The van der Waals surface area contributed by atoms with Crippen molar-refractivity contribution in [3.05, 3.63) is 58.2 Å². The van der Waals surface area contributed by atoms with Crippen molar-refractivity contribution in [2.75, 3.05) is 20.3 Å². The highest BCUT2D eigenvalue weighted by atomic mass is 19.1. The number of methoxy groups -OCH3 is 1. The molecule has 8 heteroatoms. The lowest BCUT2D eigenvalue weighted by Gasteiger charge is -2.31. The summed E-state index contributed by atoms with van der Waals surface area (Å²) in [6.07, 6.45) is 1.47. The molecule has 1 aliphatic heterocycles. The first-order chi connectivity index (χ1) is 14.7. The van der Waals surface area contributed by atoms with E-state index < -0.39 is 23.7 Å². The summed E-state index contributed by atoms with van der Waals surface area (Å²) in [5.74, 6) is -1.86. The lowest BCUT2D eigenvalue weighted by atomic mass is 9.98.